The summed E-state index contributed by atoms with van der Waals surface area (Å²) in [6.07, 6.45) is 1.49. The van der Waals surface area contributed by atoms with Crippen LogP contribution in [0, 0.1) is 6.92 Å². The van der Waals surface area contributed by atoms with Gasteiger partial charge in [-0.25, -0.2) is 9.78 Å². The number of aromatic nitrogens is 1. The van der Waals surface area contributed by atoms with Crippen molar-refractivity contribution in [2.75, 3.05) is 0 Å². The van der Waals surface area contributed by atoms with Crippen LogP contribution in [0.3, 0.4) is 0 Å². The molecule has 0 fully saturated rings. The molecule has 4 nitrogen and oxygen atoms in total. The number of aromatic carboxylic acids is 1. The molecule has 0 atom stereocenters. The Bertz CT molecular complexity index is 473. The Morgan fingerprint density at radius 2 is 2.38 bits per heavy atom. The lowest BCUT2D eigenvalue weighted by Gasteiger charge is -1.97. The van der Waals surface area contributed by atoms with Crippen LogP contribution >= 0.6 is 0 Å². The van der Waals surface area contributed by atoms with Crippen LogP contribution in [0.4, 0.5) is 0 Å². The summed E-state index contributed by atoms with van der Waals surface area (Å²) in [5.74, 6) is -1.01. The topological polar surface area (TPSA) is 63.3 Å². The van der Waals surface area contributed by atoms with Crippen molar-refractivity contribution in [3.8, 4) is 0 Å². The smallest absolute Gasteiger partial charge is 0.354 e. The number of aryl methyl sites for hydroxylation is 1. The van der Waals surface area contributed by atoms with Gasteiger partial charge in [0.25, 0.3) is 0 Å². The van der Waals surface area contributed by atoms with E-state index in [-0.39, 0.29) is 5.69 Å². The molecular weight excluding hydrogens is 170 g/mol. The molecule has 0 saturated heterocycles. The minimum absolute atomic E-state index is 0.0777. The Kier molecular flexibility index (Phi) is 1.55. The lowest BCUT2D eigenvalue weighted by Crippen LogP contribution is -2.02. The quantitative estimate of drug-likeness (QED) is 0.721. The SMILES string of the molecule is Cc1cc2occc2nc1C(=O)O. The predicted octanol–water partition coefficient (Wildman–Crippen LogP) is 1.83. The van der Waals surface area contributed by atoms with E-state index < -0.39 is 5.97 Å². The van der Waals surface area contributed by atoms with Gasteiger partial charge in [-0.05, 0) is 18.6 Å². The van der Waals surface area contributed by atoms with Crippen molar-refractivity contribution in [2.24, 2.45) is 0 Å². The zero-order valence-corrected chi connectivity index (χ0v) is 6.94. The first kappa shape index (κ1) is 7.79. The van der Waals surface area contributed by atoms with Gasteiger partial charge in [-0.15, -0.1) is 0 Å². The highest BCUT2D eigenvalue weighted by atomic mass is 16.4. The van der Waals surface area contributed by atoms with Gasteiger partial charge >= 0.3 is 5.97 Å². The molecule has 0 spiro atoms. The van der Waals surface area contributed by atoms with Crippen molar-refractivity contribution in [1.29, 1.82) is 0 Å². The molecule has 0 aliphatic heterocycles. The van der Waals surface area contributed by atoms with Crippen molar-refractivity contribution in [2.45, 2.75) is 6.92 Å². The maximum atomic E-state index is 10.7. The van der Waals surface area contributed by atoms with E-state index in [1.165, 1.54) is 6.26 Å². The van der Waals surface area contributed by atoms with E-state index in [0.717, 1.165) is 0 Å². The summed E-state index contributed by atoms with van der Waals surface area (Å²) in [6.45, 7) is 1.69. The number of carboxylic acids is 1. The largest absolute Gasteiger partial charge is 0.477 e. The Labute approximate surface area is 73.8 Å². The Hall–Kier alpha value is -1.84. The molecule has 66 valence electrons. The lowest BCUT2D eigenvalue weighted by atomic mass is 10.2. The second-order valence-corrected chi connectivity index (χ2v) is 2.76. The summed E-state index contributed by atoms with van der Waals surface area (Å²) in [7, 11) is 0. The van der Waals surface area contributed by atoms with Crippen molar-refractivity contribution in [1.82, 2.24) is 4.98 Å². The number of nitrogens with zero attached hydrogens (tertiary/aromatic N) is 1. The zero-order chi connectivity index (χ0) is 9.42. The summed E-state index contributed by atoms with van der Waals surface area (Å²) in [5.41, 5.74) is 1.87. The summed E-state index contributed by atoms with van der Waals surface area (Å²) in [5, 5.41) is 8.77. The third-order valence-corrected chi connectivity index (χ3v) is 1.83. The number of fused-ring (bicyclic) bond motifs is 1. The van der Waals surface area contributed by atoms with Crippen LogP contribution in [0.15, 0.2) is 22.8 Å². The highest BCUT2D eigenvalue weighted by Gasteiger charge is 2.11. The maximum absolute atomic E-state index is 10.7. The summed E-state index contributed by atoms with van der Waals surface area (Å²) in [4.78, 5) is 14.6. The molecule has 13 heavy (non-hydrogen) atoms. The minimum atomic E-state index is -1.01. The van der Waals surface area contributed by atoms with Gasteiger partial charge < -0.3 is 9.52 Å². The van der Waals surface area contributed by atoms with E-state index in [2.05, 4.69) is 4.98 Å². The van der Waals surface area contributed by atoms with Gasteiger partial charge in [-0.2, -0.15) is 0 Å². The van der Waals surface area contributed by atoms with Crippen LogP contribution in [0.5, 0.6) is 0 Å². The number of pyridine rings is 1. The third-order valence-electron chi connectivity index (χ3n) is 1.83. The molecule has 0 aromatic carbocycles. The Balaban J connectivity index is 2.76. The molecule has 0 aliphatic carbocycles. The van der Waals surface area contributed by atoms with Crippen molar-refractivity contribution in [3.05, 3.63) is 29.7 Å². The highest BCUT2D eigenvalue weighted by molar-refractivity contribution is 5.90. The van der Waals surface area contributed by atoms with E-state index in [4.69, 9.17) is 9.52 Å². The molecule has 4 heteroatoms. The van der Waals surface area contributed by atoms with E-state index in [0.29, 0.717) is 16.7 Å². The van der Waals surface area contributed by atoms with Gasteiger partial charge in [-0.3, -0.25) is 0 Å². The molecule has 2 aromatic rings. The van der Waals surface area contributed by atoms with Crippen LogP contribution in [0.25, 0.3) is 11.1 Å². The van der Waals surface area contributed by atoms with Gasteiger partial charge in [0.1, 0.15) is 5.52 Å². The fourth-order valence-corrected chi connectivity index (χ4v) is 1.20. The van der Waals surface area contributed by atoms with Crippen LogP contribution < -0.4 is 0 Å². The zero-order valence-electron chi connectivity index (χ0n) is 6.94. The monoisotopic (exact) mass is 177 g/mol. The van der Waals surface area contributed by atoms with Crippen LogP contribution in [-0.2, 0) is 0 Å². The second kappa shape index (κ2) is 2.58. The molecular formula is C9H7NO3. The lowest BCUT2D eigenvalue weighted by molar-refractivity contribution is 0.0690. The third kappa shape index (κ3) is 1.16. The molecule has 0 saturated carbocycles. The standard InChI is InChI=1S/C9H7NO3/c1-5-4-7-6(2-3-13-7)10-8(5)9(11)12/h2-4H,1H3,(H,11,12). The normalized spacial score (nSPS) is 10.5. The minimum Gasteiger partial charge on any atom is -0.477 e. The van der Waals surface area contributed by atoms with E-state index in [1.54, 1.807) is 19.1 Å². The van der Waals surface area contributed by atoms with Gasteiger partial charge in [0.2, 0.25) is 0 Å². The van der Waals surface area contributed by atoms with E-state index in [9.17, 15) is 4.79 Å². The molecule has 0 bridgehead atoms. The van der Waals surface area contributed by atoms with Crippen LogP contribution in [0.2, 0.25) is 0 Å². The average molecular weight is 177 g/mol. The molecule has 0 aliphatic rings. The van der Waals surface area contributed by atoms with Crippen molar-refractivity contribution in [3.63, 3.8) is 0 Å². The second-order valence-electron chi connectivity index (χ2n) is 2.76. The number of hydrogen-bond donors (Lipinski definition) is 1. The van der Waals surface area contributed by atoms with E-state index in [1.807, 2.05) is 0 Å². The number of carboxylic acid groups (broad SMARTS) is 1. The molecule has 0 unspecified atom stereocenters. The molecule has 1 N–H and O–H groups in total. The molecule has 0 radical (unpaired) electrons. The summed E-state index contributed by atoms with van der Waals surface area (Å²) in [6, 6.07) is 3.31. The molecule has 2 heterocycles. The van der Waals surface area contributed by atoms with Crippen LogP contribution in [-0.4, -0.2) is 16.1 Å². The summed E-state index contributed by atoms with van der Waals surface area (Å²) < 4.78 is 5.08. The maximum Gasteiger partial charge on any atom is 0.354 e. The van der Waals surface area contributed by atoms with Crippen molar-refractivity contribution >= 4 is 17.1 Å². The Morgan fingerprint density at radius 1 is 1.62 bits per heavy atom. The van der Waals surface area contributed by atoms with Crippen LogP contribution in [0.1, 0.15) is 16.1 Å². The molecule has 2 rings (SSSR count). The fourth-order valence-electron chi connectivity index (χ4n) is 1.20. The van der Waals surface area contributed by atoms with Gasteiger partial charge in [0.05, 0.1) is 6.26 Å². The van der Waals surface area contributed by atoms with Gasteiger partial charge in [0.15, 0.2) is 11.3 Å². The first-order valence-electron chi connectivity index (χ1n) is 3.76. The first-order valence-corrected chi connectivity index (χ1v) is 3.76. The molecule has 2 aromatic heterocycles. The number of hydrogen-bond acceptors (Lipinski definition) is 3. The van der Waals surface area contributed by atoms with E-state index >= 15 is 0 Å². The number of furan rings is 1. The number of rotatable bonds is 1. The predicted molar refractivity (Wildman–Crippen MR) is 45.7 cm³/mol. The van der Waals surface area contributed by atoms with Gasteiger partial charge in [-0.1, -0.05) is 0 Å². The van der Waals surface area contributed by atoms with Crippen molar-refractivity contribution < 1.29 is 14.3 Å². The average Bonchev–Trinajstić information content (AvgIpc) is 2.48. The molecule has 0 amide bonds. The highest BCUT2D eigenvalue weighted by Crippen LogP contribution is 2.16. The Morgan fingerprint density at radius 3 is 3.08 bits per heavy atom. The van der Waals surface area contributed by atoms with Gasteiger partial charge in [0, 0.05) is 6.07 Å². The first-order chi connectivity index (χ1) is 6.18. The summed E-state index contributed by atoms with van der Waals surface area (Å²) >= 11 is 0. The fraction of sp³-hybridized carbons (Fsp3) is 0.111. The number of carbonyl (C=O) groups is 1.